The number of thioether (sulfide) groups is 1. The molecular formula is C18H16FN5O2S2. The maximum absolute atomic E-state index is 14.0. The van der Waals surface area contributed by atoms with Crippen molar-refractivity contribution in [2.75, 3.05) is 12.3 Å². The van der Waals surface area contributed by atoms with Crippen LogP contribution in [-0.2, 0) is 17.5 Å². The number of anilines is 1. The van der Waals surface area contributed by atoms with E-state index in [1.54, 1.807) is 36.7 Å². The number of rotatable bonds is 6. The number of nitriles is 1. The molecule has 3 aromatic rings. The molecule has 0 amide bonds. The Labute approximate surface area is 168 Å². The summed E-state index contributed by atoms with van der Waals surface area (Å²) in [5.41, 5.74) is 6.99. The summed E-state index contributed by atoms with van der Waals surface area (Å²) < 4.78 is 20.8. The number of carbonyl (C=O) groups excluding carboxylic acids is 1. The maximum atomic E-state index is 14.0. The number of halogens is 1. The Balaban J connectivity index is 1.89. The Morgan fingerprint density at radius 3 is 2.86 bits per heavy atom. The van der Waals surface area contributed by atoms with Crippen molar-refractivity contribution in [3.63, 3.8) is 0 Å². The Hall–Kier alpha value is -2.90. The van der Waals surface area contributed by atoms with E-state index in [1.165, 1.54) is 17.8 Å². The van der Waals surface area contributed by atoms with E-state index in [9.17, 15) is 14.4 Å². The third-order valence-electron chi connectivity index (χ3n) is 3.90. The van der Waals surface area contributed by atoms with Crippen LogP contribution in [0.2, 0.25) is 0 Å². The third-order valence-corrected chi connectivity index (χ3v) is 5.99. The van der Waals surface area contributed by atoms with Crippen LogP contribution >= 0.6 is 23.1 Å². The van der Waals surface area contributed by atoms with E-state index < -0.39 is 11.8 Å². The smallest absolute Gasteiger partial charge is 0.348 e. The van der Waals surface area contributed by atoms with Crippen LogP contribution in [0.1, 0.15) is 27.7 Å². The molecule has 28 heavy (non-hydrogen) atoms. The zero-order chi connectivity index (χ0) is 20.3. The highest BCUT2D eigenvalue weighted by molar-refractivity contribution is 7.98. The van der Waals surface area contributed by atoms with E-state index in [-0.39, 0.29) is 22.9 Å². The van der Waals surface area contributed by atoms with Crippen LogP contribution in [0.3, 0.4) is 0 Å². The van der Waals surface area contributed by atoms with Crippen LogP contribution in [0.15, 0.2) is 29.4 Å². The number of nitrogens with two attached hydrogens (primary N) is 1. The molecule has 0 unspecified atom stereocenters. The summed E-state index contributed by atoms with van der Waals surface area (Å²) in [5.74, 6) is -0.247. The third kappa shape index (κ3) is 3.72. The molecule has 0 saturated carbocycles. The summed E-state index contributed by atoms with van der Waals surface area (Å²) in [4.78, 5) is 12.5. The van der Waals surface area contributed by atoms with Gasteiger partial charge in [-0.15, -0.1) is 21.5 Å². The van der Waals surface area contributed by atoms with Gasteiger partial charge < -0.3 is 15.0 Å². The standard InChI is InChI=1S/C18H16FN5O2S2/c1-3-26-17(25)14-12(11(8-20)15(21)28-14)9-27-18-23-22-16(24(18)2)10-6-4-5-7-13(10)19/h4-7H,3,9,21H2,1-2H3. The number of aromatic nitrogens is 3. The number of thiophene rings is 1. The highest BCUT2D eigenvalue weighted by atomic mass is 32.2. The Kier molecular flexibility index (Phi) is 5.96. The number of hydrogen-bond donors (Lipinski definition) is 1. The molecule has 0 saturated heterocycles. The molecule has 0 atom stereocenters. The number of esters is 1. The van der Waals surface area contributed by atoms with Crippen molar-refractivity contribution in [1.29, 1.82) is 5.26 Å². The van der Waals surface area contributed by atoms with E-state index >= 15 is 0 Å². The lowest BCUT2D eigenvalue weighted by atomic mass is 10.2. The molecule has 0 aliphatic rings. The lowest BCUT2D eigenvalue weighted by Crippen LogP contribution is -2.05. The fraction of sp³-hybridized carbons (Fsp3) is 0.222. The van der Waals surface area contributed by atoms with Crippen molar-refractivity contribution in [3.05, 3.63) is 46.1 Å². The average molecular weight is 417 g/mol. The molecule has 1 aromatic carbocycles. The Morgan fingerprint density at radius 2 is 2.18 bits per heavy atom. The van der Waals surface area contributed by atoms with Crippen LogP contribution in [0.4, 0.5) is 9.39 Å². The van der Waals surface area contributed by atoms with Crippen LogP contribution in [0.25, 0.3) is 11.4 Å². The zero-order valence-corrected chi connectivity index (χ0v) is 16.7. The van der Waals surface area contributed by atoms with Crippen LogP contribution < -0.4 is 5.73 Å². The van der Waals surface area contributed by atoms with Gasteiger partial charge in [0.05, 0.1) is 17.7 Å². The lowest BCUT2D eigenvalue weighted by molar-refractivity contribution is 0.0531. The molecule has 2 N–H and O–H groups in total. The van der Waals surface area contributed by atoms with Gasteiger partial charge in [0.2, 0.25) is 0 Å². The quantitative estimate of drug-likeness (QED) is 0.482. The minimum Gasteiger partial charge on any atom is -0.462 e. The van der Waals surface area contributed by atoms with Gasteiger partial charge in [-0.05, 0) is 19.1 Å². The first kappa shape index (κ1) is 19.9. The number of hydrogen-bond acceptors (Lipinski definition) is 8. The van der Waals surface area contributed by atoms with Gasteiger partial charge in [0.25, 0.3) is 0 Å². The predicted octanol–water partition coefficient (Wildman–Crippen LogP) is 3.61. The Bertz CT molecular complexity index is 1070. The van der Waals surface area contributed by atoms with E-state index in [2.05, 4.69) is 10.2 Å². The van der Waals surface area contributed by atoms with Gasteiger partial charge in [-0.3, -0.25) is 0 Å². The maximum Gasteiger partial charge on any atom is 0.348 e. The first-order valence-corrected chi connectivity index (χ1v) is 10.0. The van der Waals surface area contributed by atoms with Gasteiger partial charge in [-0.2, -0.15) is 5.26 Å². The molecule has 10 heteroatoms. The molecule has 2 heterocycles. The average Bonchev–Trinajstić information content (AvgIpc) is 3.20. The van der Waals surface area contributed by atoms with Crippen molar-refractivity contribution in [2.24, 2.45) is 7.05 Å². The molecule has 0 fully saturated rings. The van der Waals surface area contributed by atoms with Crippen molar-refractivity contribution in [1.82, 2.24) is 14.8 Å². The van der Waals surface area contributed by atoms with Gasteiger partial charge >= 0.3 is 5.97 Å². The topological polar surface area (TPSA) is 107 Å². The molecule has 0 aliphatic heterocycles. The lowest BCUT2D eigenvalue weighted by Gasteiger charge is -2.06. The largest absolute Gasteiger partial charge is 0.462 e. The molecule has 0 aliphatic carbocycles. The summed E-state index contributed by atoms with van der Waals surface area (Å²) in [7, 11) is 1.73. The van der Waals surface area contributed by atoms with Gasteiger partial charge in [-0.1, -0.05) is 23.9 Å². The molecular weight excluding hydrogens is 401 g/mol. The molecule has 144 valence electrons. The highest BCUT2D eigenvalue weighted by Gasteiger charge is 2.24. The van der Waals surface area contributed by atoms with E-state index in [0.717, 1.165) is 11.3 Å². The van der Waals surface area contributed by atoms with Gasteiger partial charge in [-0.25, -0.2) is 9.18 Å². The second kappa shape index (κ2) is 8.41. The molecule has 2 aromatic heterocycles. The number of nitrogens with zero attached hydrogens (tertiary/aromatic N) is 4. The van der Waals surface area contributed by atoms with Crippen molar-refractivity contribution < 1.29 is 13.9 Å². The molecule has 3 rings (SSSR count). The van der Waals surface area contributed by atoms with Crippen molar-refractivity contribution in [2.45, 2.75) is 17.8 Å². The monoisotopic (exact) mass is 417 g/mol. The predicted molar refractivity (Wildman–Crippen MR) is 105 cm³/mol. The summed E-state index contributed by atoms with van der Waals surface area (Å²) in [6, 6.07) is 8.35. The number of carbonyl (C=O) groups is 1. The normalized spacial score (nSPS) is 10.6. The molecule has 0 bridgehead atoms. The van der Waals surface area contributed by atoms with Crippen LogP contribution in [0, 0.1) is 17.1 Å². The van der Waals surface area contributed by atoms with Gasteiger partial charge in [0.1, 0.15) is 21.8 Å². The van der Waals surface area contributed by atoms with Crippen molar-refractivity contribution in [3.8, 4) is 17.5 Å². The molecule has 0 spiro atoms. The van der Waals surface area contributed by atoms with E-state index in [0.29, 0.717) is 27.0 Å². The summed E-state index contributed by atoms with van der Waals surface area (Å²) in [6.07, 6.45) is 0. The molecule has 7 nitrogen and oxygen atoms in total. The van der Waals surface area contributed by atoms with Crippen LogP contribution in [-0.4, -0.2) is 27.3 Å². The van der Waals surface area contributed by atoms with Crippen LogP contribution in [0.5, 0.6) is 0 Å². The summed E-state index contributed by atoms with van der Waals surface area (Å²) in [5, 5.41) is 18.4. The van der Waals surface area contributed by atoms with Gasteiger partial charge in [0.15, 0.2) is 11.0 Å². The first-order valence-electron chi connectivity index (χ1n) is 8.23. The number of nitrogen functional groups attached to an aromatic ring is 1. The summed E-state index contributed by atoms with van der Waals surface area (Å²) >= 11 is 2.31. The van der Waals surface area contributed by atoms with E-state index in [4.69, 9.17) is 10.5 Å². The minimum atomic E-state index is -0.513. The van der Waals surface area contributed by atoms with Crippen molar-refractivity contribution >= 4 is 34.1 Å². The highest BCUT2D eigenvalue weighted by Crippen LogP contribution is 2.35. The molecule has 0 radical (unpaired) electrons. The Morgan fingerprint density at radius 1 is 1.43 bits per heavy atom. The summed E-state index contributed by atoms with van der Waals surface area (Å²) in [6.45, 7) is 1.93. The fourth-order valence-corrected chi connectivity index (χ4v) is 4.52. The fourth-order valence-electron chi connectivity index (χ4n) is 2.56. The van der Waals surface area contributed by atoms with E-state index in [1.807, 2.05) is 6.07 Å². The zero-order valence-electron chi connectivity index (χ0n) is 15.1. The number of benzene rings is 1. The van der Waals surface area contributed by atoms with Gasteiger partial charge in [0, 0.05) is 18.4 Å². The SMILES string of the molecule is CCOC(=O)c1sc(N)c(C#N)c1CSc1nnc(-c2ccccc2F)n1C. The first-order chi connectivity index (χ1) is 13.5. The second-order valence-electron chi connectivity index (χ2n) is 5.61. The minimum absolute atomic E-state index is 0.223. The second-order valence-corrected chi connectivity index (χ2v) is 7.61. The number of ether oxygens (including phenoxy) is 1.